The molecule has 120 valence electrons. The van der Waals surface area contributed by atoms with Crippen molar-refractivity contribution in [3.8, 4) is 0 Å². The van der Waals surface area contributed by atoms with Gasteiger partial charge in [0, 0.05) is 17.8 Å². The van der Waals surface area contributed by atoms with Crippen molar-refractivity contribution < 1.29 is 0 Å². The minimum atomic E-state index is 1.17. The van der Waals surface area contributed by atoms with E-state index in [1.165, 1.54) is 87.0 Å². The smallest absolute Gasteiger partial charge is 0.0346 e. The van der Waals surface area contributed by atoms with E-state index in [4.69, 9.17) is 0 Å². The van der Waals surface area contributed by atoms with Gasteiger partial charge in [-0.05, 0) is 23.8 Å². The molecule has 1 heteroatoms. The summed E-state index contributed by atoms with van der Waals surface area (Å²) in [6, 6.07) is 8.60. The number of benzene rings is 1. The summed E-state index contributed by atoms with van der Waals surface area (Å²) in [7, 11) is 0. The van der Waals surface area contributed by atoms with Crippen LogP contribution in [0.4, 0.5) is 0 Å². The van der Waals surface area contributed by atoms with Gasteiger partial charge in [-0.1, -0.05) is 89.0 Å². The van der Waals surface area contributed by atoms with Crippen molar-refractivity contribution in [2.24, 2.45) is 0 Å². The fourth-order valence-electron chi connectivity index (χ4n) is 3.18. The standard InChI is InChI=1S/C21H31N/c1-2-3-4-5-6-7-8-9-10-11-14-19-17-22-18-20-15-12-13-16-21(19)20/h12-13,15-18H,2-11,14H2,1H3. The highest BCUT2D eigenvalue weighted by Gasteiger charge is 2.01. The van der Waals surface area contributed by atoms with Crippen molar-refractivity contribution in [2.75, 3.05) is 0 Å². The number of unbranched alkanes of at least 4 members (excludes halogenated alkanes) is 9. The average Bonchev–Trinajstić information content (AvgIpc) is 2.56. The monoisotopic (exact) mass is 297 g/mol. The van der Waals surface area contributed by atoms with E-state index < -0.39 is 0 Å². The summed E-state index contributed by atoms with van der Waals surface area (Å²) in [6.45, 7) is 2.28. The lowest BCUT2D eigenvalue weighted by atomic mass is 10.0. The van der Waals surface area contributed by atoms with E-state index in [0.29, 0.717) is 0 Å². The van der Waals surface area contributed by atoms with Gasteiger partial charge in [-0.3, -0.25) is 4.98 Å². The van der Waals surface area contributed by atoms with Gasteiger partial charge >= 0.3 is 0 Å². The van der Waals surface area contributed by atoms with Crippen LogP contribution in [0.5, 0.6) is 0 Å². The fraction of sp³-hybridized carbons (Fsp3) is 0.571. The van der Waals surface area contributed by atoms with E-state index in [1.54, 1.807) is 0 Å². The minimum Gasteiger partial charge on any atom is -0.264 e. The molecule has 2 rings (SSSR count). The molecule has 0 radical (unpaired) electrons. The number of rotatable bonds is 11. The predicted octanol–water partition coefficient (Wildman–Crippen LogP) is 6.70. The molecule has 0 atom stereocenters. The first-order valence-corrected chi connectivity index (χ1v) is 9.23. The van der Waals surface area contributed by atoms with Crippen LogP contribution < -0.4 is 0 Å². The lowest BCUT2D eigenvalue weighted by Gasteiger charge is -2.06. The highest BCUT2D eigenvalue weighted by molar-refractivity contribution is 5.84. The molecule has 0 amide bonds. The van der Waals surface area contributed by atoms with Crippen molar-refractivity contribution in [1.82, 2.24) is 4.98 Å². The predicted molar refractivity (Wildman–Crippen MR) is 97.3 cm³/mol. The Morgan fingerprint density at radius 1 is 0.727 bits per heavy atom. The molecule has 1 aromatic heterocycles. The van der Waals surface area contributed by atoms with E-state index in [-0.39, 0.29) is 0 Å². The second-order valence-electron chi connectivity index (χ2n) is 6.45. The SMILES string of the molecule is CCCCCCCCCCCCc1cncc2ccccc12. The molecular weight excluding hydrogens is 266 g/mol. The lowest BCUT2D eigenvalue weighted by Crippen LogP contribution is -1.90. The van der Waals surface area contributed by atoms with E-state index in [9.17, 15) is 0 Å². The van der Waals surface area contributed by atoms with Gasteiger partial charge in [0.25, 0.3) is 0 Å². The minimum absolute atomic E-state index is 1.17. The van der Waals surface area contributed by atoms with Gasteiger partial charge in [-0.15, -0.1) is 0 Å². The maximum atomic E-state index is 4.38. The molecule has 0 unspecified atom stereocenters. The van der Waals surface area contributed by atoms with Crippen molar-refractivity contribution in [3.63, 3.8) is 0 Å². The van der Waals surface area contributed by atoms with Crippen LogP contribution in [0.1, 0.15) is 76.7 Å². The molecule has 22 heavy (non-hydrogen) atoms. The Morgan fingerprint density at radius 3 is 2.09 bits per heavy atom. The maximum Gasteiger partial charge on any atom is 0.0346 e. The van der Waals surface area contributed by atoms with Crippen LogP contribution in [-0.2, 0) is 6.42 Å². The second-order valence-corrected chi connectivity index (χ2v) is 6.45. The zero-order valence-electron chi connectivity index (χ0n) is 14.2. The Labute approximate surface area is 136 Å². The molecule has 1 aromatic carbocycles. The first kappa shape index (κ1) is 17.0. The molecule has 0 aliphatic rings. The Morgan fingerprint density at radius 2 is 1.36 bits per heavy atom. The number of aryl methyl sites for hydroxylation is 1. The summed E-state index contributed by atoms with van der Waals surface area (Å²) in [6.07, 6.45) is 19.2. The summed E-state index contributed by atoms with van der Waals surface area (Å²) >= 11 is 0. The highest BCUT2D eigenvalue weighted by Crippen LogP contribution is 2.19. The molecule has 1 nitrogen and oxygen atoms in total. The van der Waals surface area contributed by atoms with Crippen molar-refractivity contribution in [3.05, 3.63) is 42.2 Å². The molecule has 0 aliphatic heterocycles. The molecule has 0 saturated heterocycles. The van der Waals surface area contributed by atoms with E-state index >= 15 is 0 Å². The number of hydrogen-bond acceptors (Lipinski definition) is 1. The van der Waals surface area contributed by atoms with Gasteiger partial charge in [0.2, 0.25) is 0 Å². The number of hydrogen-bond donors (Lipinski definition) is 0. The molecule has 0 aliphatic carbocycles. The number of nitrogens with zero attached hydrogens (tertiary/aromatic N) is 1. The third-order valence-corrected chi connectivity index (χ3v) is 4.55. The first-order chi connectivity index (χ1) is 10.9. The van der Waals surface area contributed by atoms with Crippen LogP contribution in [-0.4, -0.2) is 4.98 Å². The third kappa shape index (κ3) is 5.79. The average molecular weight is 297 g/mol. The van der Waals surface area contributed by atoms with Crippen LogP contribution in [0.15, 0.2) is 36.7 Å². The molecule has 0 N–H and O–H groups in total. The van der Waals surface area contributed by atoms with Gasteiger partial charge in [0.1, 0.15) is 0 Å². The van der Waals surface area contributed by atoms with Gasteiger partial charge in [-0.2, -0.15) is 0 Å². The Bertz CT molecular complexity index is 527. The summed E-state index contributed by atoms with van der Waals surface area (Å²) in [5.41, 5.74) is 1.41. The first-order valence-electron chi connectivity index (χ1n) is 9.23. The summed E-state index contributed by atoms with van der Waals surface area (Å²) in [5.74, 6) is 0. The second kappa shape index (κ2) is 10.4. The van der Waals surface area contributed by atoms with Crippen LogP contribution >= 0.6 is 0 Å². The zero-order valence-corrected chi connectivity index (χ0v) is 14.2. The van der Waals surface area contributed by atoms with Crippen LogP contribution in [0, 0.1) is 0 Å². The molecule has 0 spiro atoms. The van der Waals surface area contributed by atoms with Crippen LogP contribution in [0.3, 0.4) is 0 Å². The third-order valence-electron chi connectivity index (χ3n) is 4.55. The molecule has 0 saturated carbocycles. The van der Waals surface area contributed by atoms with Crippen LogP contribution in [0.25, 0.3) is 10.8 Å². The molecule has 2 aromatic rings. The highest BCUT2D eigenvalue weighted by atomic mass is 14.6. The topological polar surface area (TPSA) is 12.9 Å². The molecule has 0 bridgehead atoms. The Hall–Kier alpha value is -1.37. The van der Waals surface area contributed by atoms with Crippen molar-refractivity contribution in [2.45, 2.75) is 77.6 Å². The summed E-state index contributed by atoms with van der Waals surface area (Å²) in [5, 5.41) is 2.65. The Balaban J connectivity index is 1.59. The van der Waals surface area contributed by atoms with Gasteiger partial charge in [-0.25, -0.2) is 0 Å². The molecular formula is C21H31N. The normalized spacial score (nSPS) is 11.1. The number of aromatic nitrogens is 1. The molecule has 0 fully saturated rings. The number of fused-ring (bicyclic) bond motifs is 1. The maximum absolute atomic E-state index is 4.38. The zero-order chi connectivity index (χ0) is 15.5. The van der Waals surface area contributed by atoms with E-state index in [2.05, 4.69) is 42.4 Å². The van der Waals surface area contributed by atoms with Gasteiger partial charge in [0.15, 0.2) is 0 Å². The number of pyridine rings is 1. The van der Waals surface area contributed by atoms with Crippen molar-refractivity contribution in [1.29, 1.82) is 0 Å². The largest absolute Gasteiger partial charge is 0.264 e. The lowest BCUT2D eigenvalue weighted by molar-refractivity contribution is 0.556. The fourth-order valence-corrected chi connectivity index (χ4v) is 3.18. The summed E-state index contributed by atoms with van der Waals surface area (Å²) < 4.78 is 0. The van der Waals surface area contributed by atoms with E-state index in [1.807, 2.05) is 6.20 Å². The Kier molecular flexibility index (Phi) is 8.01. The van der Waals surface area contributed by atoms with Crippen molar-refractivity contribution >= 4 is 10.8 Å². The van der Waals surface area contributed by atoms with Gasteiger partial charge < -0.3 is 0 Å². The summed E-state index contributed by atoms with van der Waals surface area (Å²) in [4.78, 5) is 4.38. The van der Waals surface area contributed by atoms with Crippen LogP contribution in [0.2, 0.25) is 0 Å². The van der Waals surface area contributed by atoms with E-state index in [0.717, 1.165) is 0 Å². The quantitative estimate of drug-likeness (QED) is 0.421. The van der Waals surface area contributed by atoms with Gasteiger partial charge in [0.05, 0.1) is 0 Å². The molecule has 1 heterocycles.